The van der Waals surface area contributed by atoms with Crippen LogP contribution in [0.5, 0.6) is 0 Å². The van der Waals surface area contributed by atoms with Crippen molar-refractivity contribution in [2.24, 2.45) is 0 Å². The Morgan fingerprint density at radius 2 is 0.677 bits per heavy atom. The van der Waals surface area contributed by atoms with E-state index in [1.54, 1.807) is 0 Å². The standard InChI is InChI=1S/C37H71N7O17S/c1-38-6-11-52-16-21-58-27-33(46)40-8-13-54-18-23-60-29-35(48)42-10-15-56-20-25-61-30-36(49)43-9-14-55-19-24-59-28-34(47)41-7-12-53-17-22-57-26-32(45)39-5-3-2-4-31(44-62)37(50)51/h31,38,44,62H,2-30H2,1H3,(H,39,45)(H,40,46)(H,41,47)(H,42,48)(H,43,49)(H,50,51)/t31-/m0/s1. The molecule has 0 heterocycles. The third-order valence-corrected chi connectivity index (χ3v) is 7.80. The minimum absolute atomic E-state index is 0.0501. The van der Waals surface area contributed by atoms with Crippen LogP contribution in [0.3, 0.4) is 0 Å². The number of carboxylic acid groups (broad SMARTS) is 1. The van der Waals surface area contributed by atoms with Crippen molar-refractivity contribution >= 4 is 48.3 Å². The highest BCUT2D eigenvalue weighted by atomic mass is 32.1. The zero-order valence-corrected chi connectivity index (χ0v) is 36.9. The lowest BCUT2D eigenvalue weighted by Gasteiger charge is -2.10. The van der Waals surface area contributed by atoms with E-state index in [0.717, 1.165) is 6.54 Å². The largest absolute Gasteiger partial charge is 0.480 e. The SMILES string of the molecule is CNCCOCCOCC(=O)NCCOCCOCC(=O)NCCOCCOCC(=O)NCCOCCOCC(=O)NCCOCCOCC(=O)NCCCC[C@H](NS)C(=O)O. The van der Waals surface area contributed by atoms with Gasteiger partial charge in [0.25, 0.3) is 0 Å². The summed E-state index contributed by atoms with van der Waals surface area (Å²) in [6.45, 7) is 5.92. The highest BCUT2D eigenvalue weighted by molar-refractivity contribution is 7.78. The maximum Gasteiger partial charge on any atom is 0.321 e. The second-order valence-electron chi connectivity index (χ2n) is 12.7. The Morgan fingerprint density at radius 3 is 0.952 bits per heavy atom. The molecule has 24 nitrogen and oxygen atoms in total. The number of amides is 5. The molecule has 0 saturated carbocycles. The number of likely N-dealkylation sites (N-methyl/N-ethyl adjacent to an activating group) is 1. The molecule has 0 aromatic heterocycles. The molecule has 0 saturated heterocycles. The van der Waals surface area contributed by atoms with Crippen molar-refractivity contribution in [1.29, 1.82) is 0 Å². The van der Waals surface area contributed by atoms with Crippen LogP contribution in [0.15, 0.2) is 0 Å². The van der Waals surface area contributed by atoms with E-state index in [1.165, 1.54) is 0 Å². The second kappa shape index (κ2) is 45.7. The molecule has 0 aliphatic heterocycles. The molecular weight excluding hydrogens is 847 g/mol. The summed E-state index contributed by atoms with van der Waals surface area (Å²) in [7, 11) is 1.84. The van der Waals surface area contributed by atoms with E-state index in [2.05, 4.69) is 49.4 Å². The van der Waals surface area contributed by atoms with Gasteiger partial charge in [-0.25, -0.2) is 0 Å². The molecule has 0 rings (SSSR count). The number of unbranched alkanes of at least 4 members (excludes halogenated alkanes) is 1. The van der Waals surface area contributed by atoms with Crippen molar-refractivity contribution < 1.29 is 81.2 Å². The van der Waals surface area contributed by atoms with Crippen molar-refractivity contribution in [2.75, 3.05) is 178 Å². The summed E-state index contributed by atoms with van der Waals surface area (Å²) in [5.41, 5.74) is 0. The smallest absolute Gasteiger partial charge is 0.321 e. The van der Waals surface area contributed by atoms with E-state index in [-0.39, 0.29) is 155 Å². The number of nitrogens with one attached hydrogen (secondary N) is 7. The van der Waals surface area contributed by atoms with Crippen LogP contribution >= 0.6 is 12.8 Å². The lowest BCUT2D eigenvalue weighted by atomic mass is 10.1. The van der Waals surface area contributed by atoms with Crippen LogP contribution in [-0.2, 0) is 76.1 Å². The molecule has 0 aliphatic carbocycles. The molecule has 62 heavy (non-hydrogen) atoms. The van der Waals surface area contributed by atoms with Gasteiger partial charge in [0.1, 0.15) is 39.1 Å². The molecule has 0 aliphatic rings. The Labute approximate surface area is 369 Å². The fraction of sp³-hybridized carbons (Fsp3) is 0.838. The van der Waals surface area contributed by atoms with Crippen LogP contribution in [0.25, 0.3) is 0 Å². The Hall–Kier alpha value is -3.31. The van der Waals surface area contributed by atoms with Gasteiger partial charge in [0.05, 0.1) is 99.1 Å². The van der Waals surface area contributed by atoms with Crippen LogP contribution in [-0.4, -0.2) is 225 Å². The van der Waals surface area contributed by atoms with Gasteiger partial charge in [-0.05, 0) is 26.3 Å². The number of rotatable bonds is 47. The molecule has 25 heteroatoms. The molecule has 1 atom stereocenters. The van der Waals surface area contributed by atoms with E-state index < -0.39 is 12.0 Å². The highest BCUT2D eigenvalue weighted by Gasteiger charge is 2.14. The second-order valence-corrected chi connectivity index (χ2v) is 13.0. The normalized spacial score (nSPS) is 11.5. The van der Waals surface area contributed by atoms with E-state index in [1.807, 2.05) is 7.05 Å². The van der Waals surface area contributed by atoms with Gasteiger partial charge in [0.15, 0.2) is 0 Å². The maximum absolute atomic E-state index is 11.9. The molecule has 362 valence electrons. The number of thiol groups is 1. The minimum atomic E-state index is -0.972. The average Bonchev–Trinajstić information content (AvgIpc) is 3.25. The molecule has 0 spiro atoms. The fourth-order valence-corrected chi connectivity index (χ4v) is 4.59. The third kappa shape index (κ3) is 43.3. The number of hydrogen-bond acceptors (Lipinski definition) is 19. The fourth-order valence-electron chi connectivity index (χ4n) is 4.35. The van der Waals surface area contributed by atoms with Crippen molar-refractivity contribution in [2.45, 2.75) is 25.3 Å². The first kappa shape index (κ1) is 58.7. The Balaban J connectivity index is 3.41. The number of carbonyl (C=O) groups is 6. The van der Waals surface area contributed by atoms with E-state index in [0.29, 0.717) is 58.8 Å². The summed E-state index contributed by atoms with van der Waals surface area (Å²) in [5.74, 6) is -2.43. The van der Waals surface area contributed by atoms with E-state index in [9.17, 15) is 28.8 Å². The maximum atomic E-state index is 11.9. The molecule has 0 bridgehead atoms. The van der Waals surface area contributed by atoms with Crippen LogP contribution in [0, 0.1) is 0 Å². The predicted octanol–water partition coefficient (Wildman–Crippen LogP) is -3.99. The number of carboxylic acids is 1. The summed E-state index contributed by atoms with van der Waals surface area (Å²) in [6.07, 6.45) is 1.65. The van der Waals surface area contributed by atoms with Crippen LogP contribution < -0.4 is 36.6 Å². The van der Waals surface area contributed by atoms with Crippen molar-refractivity contribution in [3.05, 3.63) is 0 Å². The summed E-state index contributed by atoms with van der Waals surface area (Å²) in [5, 5.41) is 25.2. The quantitative estimate of drug-likeness (QED) is 0.0208. The van der Waals surface area contributed by atoms with Gasteiger partial charge < -0.3 is 84.4 Å². The highest BCUT2D eigenvalue weighted by Crippen LogP contribution is 2.01. The first-order chi connectivity index (χ1) is 30.2. The molecule has 0 aromatic rings. The summed E-state index contributed by atoms with van der Waals surface area (Å²) < 4.78 is 55.4. The summed E-state index contributed by atoms with van der Waals surface area (Å²) in [6, 6.07) is -0.728. The third-order valence-electron chi connectivity index (χ3n) is 7.49. The van der Waals surface area contributed by atoms with Gasteiger partial charge in [-0.15, -0.1) is 0 Å². The topological polar surface area (TPSA) is 299 Å². The molecular formula is C37H71N7O17S. The number of hydrogen-bond donors (Lipinski definition) is 9. The minimum Gasteiger partial charge on any atom is -0.480 e. The first-order valence-corrected chi connectivity index (χ1v) is 21.0. The first-order valence-electron chi connectivity index (χ1n) is 20.6. The van der Waals surface area contributed by atoms with E-state index in [4.69, 9.17) is 52.5 Å². The Kier molecular flexibility index (Phi) is 43.3. The Morgan fingerprint density at radius 1 is 0.403 bits per heavy atom. The number of aliphatic carboxylic acids is 1. The van der Waals surface area contributed by atoms with Gasteiger partial charge in [-0.1, -0.05) is 12.8 Å². The van der Waals surface area contributed by atoms with Gasteiger partial charge in [-0.3, -0.25) is 33.5 Å². The monoisotopic (exact) mass is 917 g/mol. The molecule has 0 unspecified atom stereocenters. The number of ether oxygens (including phenoxy) is 10. The van der Waals surface area contributed by atoms with Gasteiger partial charge >= 0.3 is 5.97 Å². The molecule has 0 radical (unpaired) electrons. The van der Waals surface area contributed by atoms with Crippen molar-refractivity contribution in [1.82, 2.24) is 36.6 Å². The molecule has 8 N–H and O–H groups in total. The molecule has 0 aromatic carbocycles. The Bertz CT molecular complexity index is 1150. The summed E-state index contributed by atoms with van der Waals surface area (Å²) in [4.78, 5) is 69.9. The average molecular weight is 918 g/mol. The van der Waals surface area contributed by atoms with Crippen molar-refractivity contribution in [3.63, 3.8) is 0 Å². The van der Waals surface area contributed by atoms with Crippen LogP contribution in [0.2, 0.25) is 0 Å². The number of carbonyl (C=O) groups excluding carboxylic acids is 5. The van der Waals surface area contributed by atoms with E-state index >= 15 is 0 Å². The van der Waals surface area contributed by atoms with Gasteiger partial charge in [0, 0.05) is 39.3 Å². The van der Waals surface area contributed by atoms with Crippen LogP contribution in [0.4, 0.5) is 0 Å². The molecule has 5 amide bonds. The van der Waals surface area contributed by atoms with Crippen LogP contribution in [0.1, 0.15) is 19.3 Å². The van der Waals surface area contributed by atoms with Gasteiger partial charge in [0.2, 0.25) is 29.5 Å². The summed E-state index contributed by atoms with van der Waals surface area (Å²) >= 11 is 3.78. The lowest BCUT2D eigenvalue weighted by Crippen LogP contribution is -2.32. The zero-order valence-electron chi connectivity index (χ0n) is 36.0. The zero-order chi connectivity index (χ0) is 45.6. The lowest BCUT2D eigenvalue weighted by molar-refractivity contribution is -0.139. The van der Waals surface area contributed by atoms with Crippen molar-refractivity contribution in [3.8, 4) is 0 Å². The van der Waals surface area contributed by atoms with Gasteiger partial charge in [-0.2, -0.15) is 0 Å². The molecule has 0 fully saturated rings. The predicted molar refractivity (Wildman–Crippen MR) is 225 cm³/mol.